The van der Waals surface area contributed by atoms with E-state index in [9.17, 15) is 4.79 Å². The van der Waals surface area contributed by atoms with E-state index in [0.717, 1.165) is 18.6 Å². The fraction of sp³-hybridized carbons (Fsp3) is 0.533. The van der Waals surface area contributed by atoms with Gasteiger partial charge in [0.2, 0.25) is 0 Å². The molecule has 1 aromatic carbocycles. The Kier molecular flexibility index (Phi) is 6.26. The molecule has 3 nitrogen and oxygen atoms in total. The van der Waals surface area contributed by atoms with Crippen LogP contribution >= 0.6 is 0 Å². The third-order valence-electron chi connectivity index (χ3n) is 2.77. The molecule has 0 aliphatic heterocycles. The molecule has 0 bridgehead atoms. The predicted molar refractivity (Wildman–Crippen MR) is 71.9 cm³/mol. The minimum atomic E-state index is -0.131. The van der Waals surface area contributed by atoms with Crippen molar-refractivity contribution in [3.63, 3.8) is 0 Å². The van der Waals surface area contributed by atoms with E-state index in [1.54, 1.807) is 0 Å². The maximum atomic E-state index is 11.3. The molecule has 3 heteroatoms. The Hall–Kier alpha value is -1.51. The van der Waals surface area contributed by atoms with Gasteiger partial charge in [-0.25, -0.2) is 0 Å². The molecule has 0 fully saturated rings. The lowest BCUT2D eigenvalue weighted by Gasteiger charge is -2.10. The molecule has 100 valence electrons. The number of hydrogen-bond acceptors (Lipinski definition) is 3. The van der Waals surface area contributed by atoms with Gasteiger partial charge in [0.1, 0.15) is 5.75 Å². The number of carbonyl (C=O) groups is 1. The molecular formula is C15H22O3. The van der Waals surface area contributed by atoms with Gasteiger partial charge < -0.3 is 9.47 Å². The van der Waals surface area contributed by atoms with Crippen LogP contribution in [-0.2, 0) is 22.4 Å². The maximum absolute atomic E-state index is 11.3. The van der Waals surface area contributed by atoms with Crippen LogP contribution in [0.25, 0.3) is 0 Å². The average molecular weight is 250 g/mol. The van der Waals surface area contributed by atoms with Crippen LogP contribution in [0.5, 0.6) is 5.75 Å². The van der Waals surface area contributed by atoms with Gasteiger partial charge in [0.25, 0.3) is 0 Å². The Morgan fingerprint density at radius 3 is 2.50 bits per heavy atom. The highest BCUT2D eigenvalue weighted by molar-refractivity contribution is 5.69. The van der Waals surface area contributed by atoms with Crippen molar-refractivity contribution >= 4 is 5.97 Å². The number of esters is 1. The van der Waals surface area contributed by atoms with Crippen molar-refractivity contribution in [3.05, 3.63) is 29.3 Å². The van der Waals surface area contributed by atoms with Crippen molar-refractivity contribution in [1.29, 1.82) is 0 Å². The Labute approximate surface area is 109 Å². The average Bonchev–Trinajstić information content (AvgIpc) is 2.37. The Balaban J connectivity index is 2.67. The van der Waals surface area contributed by atoms with Gasteiger partial charge in [-0.05, 0) is 49.9 Å². The van der Waals surface area contributed by atoms with Crippen molar-refractivity contribution in [2.75, 3.05) is 13.2 Å². The molecule has 0 atom stereocenters. The predicted octanol–water partition coefficient (Wildman–Crippen LogP) is 3.14. The minimum Gasteiger partial charge on any atom is -0.494 e. The molecule has 0 saturated carbocycles. The second kappa shape index (κ2) is 7.75. The standard InChI is InChI=1S/C15H22O3/c1-4-12-11-14(17-5-2)9-7-13(12)8-10-15(16)18-6-3/h7,9,11H,4-6,8,10H2,1-3H3. The second-order valence-electron chi connectivity index (χ2n) is 4.02. The number of carbonyl (C=O) groups excluding carboxylic acids is 1. The molecule has 0 amide bonds. The molecule has 0 aliphatic rings. The van der Waals surface area contributed by atoms with Crippen LogP contribution in [0.2, 0.25) is 0 Å². The van der Waals surface area contributed by atoms with Gasteiger partial charge in [-0.1, -0.05) is 13.0 Å². The van der Waals surface area contributed by atoms with E-state index in [1.165, 1.54) is 11.1 Å². The van der Waals surface area contributed by atoms with E-state index in [2.05, 4.69) is 13.0 Å². The minimum absolute atomic E-state index is 0.131. The lowest BCUT2D eigenvalue weighted by molar-refractivity contribution is -0.143. The molecule has 0 aromatic heterocycles. The largest absolute Gasteiger partial charge is 0.494 e. The number of ether oxygens (including phenoxy) is 2. The molecule has 0 spiro atoms. The first-order chi connectivity index (χ1) is 8.71. The highest BCUT2D eigenvalue weighted by Gasteiger charge is 2.07. The summed E-state index contributed by atoms with van der Waals surface area (Å²) < 4.78 is 10.4. The summed E-state index contributed by atoms with van der Waals surface area (Å²) in [5.41, 5.74) is 2.44. The van der Waals surface area contributed by atoms with Crippen LogP contribution in [-0.4, -0.2) is 19.2 Å². The van der Waals surface area contributed by atoms with Crippen molar-refractivity contribution in [2.24, 2.45) is 0 Å². The lowest BCUT2D eigenvalue weighted by Crippen LogP contribution is -2.06. The summed E-state index contributed by atoms with van der Waals surface area (Å²) in [6.07, 6.45) is 2.11. The summed E-state index contributed by atoms with van der Waals surface area (Å²) in [4.78, 5) is 11.3. The summed E-state index contributed by atoms with van der Waals surface area (Å²) in [7, 11) is 0. The summed E-state index contributed by atoms with van der Waals surface area (Å²) >= 11 is 0. The number of hydrogen-bond donors (Lipinski definition) is 0. The van der Waals surface area contributed by atoms with Gasteiger partial charge in [-0.2, -0.15) is 0 Å². The van der Waals surface area contributed by atoms with Gasteiger partial charge in [0.05, 0.1) is 13.2 Å². The van der Waals surface area contributed by atoms with Gasteiger partial charge in [-0.15, -0.1) is 0 Å². The zero-order valence-corrected chi connectivity index (χ0v) is 11.5. The van der Waals surface area contributed by atoms with Crippen LogP contribution in [0.1, 0.15) is 38.3 Å². The van der Waals surface area contributed by atoms with Gasteiger partial charge in [0, 0.05) is 6.42 Å². The Bertz CT molecular complexity index is 385. The molecule has 0 saturated heterocycles. The molecule has 0 radical (unpaired) electrons. The maximum Gasteiger partial charge on any atom is 0.306 e. The molecule has 0 N–H and O–H groups in total. The quantitative estimate of drug-likeness (QED) is 0.697. The van der Waals surface area contributed by atoms with Gasteiger partial charge >= 0.3 is 5.97 Å². The Morgan fingerprint density at radius 2 is 1.89 bits per heavy atom. The van der Waals surface area contributed by atoms with Crippen LogP contribution in [0.4, 0.5) is 0 Å². The fourth-order valence-corrected chi connectivity index (χ4v) is 1.90. The van der Waals surface area contributed by atoms with Crippen molar-refractivity contribution < 1.29 is 14.3 Å². The Morgan fingerprint density at radius 1 is 1.11 bits per heavy atom. The van der Waals surface area contributed by atoms with Crippen molar-refractivity contribution in [1.82, 2.24) is 0 Å². The second-order valence-corrected chi connectivity index (χ2v) is 4.02. The van der Waals surface area contributed by atoms with Crippen LogP contribution in [0, 0.1) is 0 Å². The first-order valence-electron chi connectivity index (χ1n) is 6.61. The van der Waals surface area contributed by atoms with E-state index in [4.69, 9.17) is 9.47 Å². The zero-order chi connectivity index (χ0) is 13.4. The lowest BCUT2D eigenvalue weighted by atomic mass is 10.0. The highest BCUT2D eigenvalue weighted by Crippen LogP contribution is 2.20. The van der Waals surface area contributed by atoms with Gasteiger partial charge in [0.15, 0.2) is 0 Å². The van der Waals surface area contributed by atoms with E-state index in [1.807, 2.05) is 26.0 Å². The number of aryl methyl sites for hydroxylation is 2. The summed E-state index contributed by atoms with van der Waals surface area (Å²) in [5, 5.41) is 0. The smallest absolute Gasteiger partial charge is 0.306 e. The first-order valence-corrected chi connectivity index (χ1v) is 6.61. The SMILES string of the molecule is CCOC(=O)CCc1ccc(OCC)cc1CC. The van der Waals surface area contributed by atoms with Crippen molar-refractivity contribution in [2.45, 2.75) is 40.0 Å². The fourth-order valence-electron chi connectivity index (χ4n) is 1.90. The van der Waals surface area contributed by atoms with Crippen LogP contribution < -0.4 is 4.74 Å². The molecule has 0 unspecified atom stereocenters. The van der Waals surface area contributed by atoms with E-state index in [0.29, 0.717) is 19.6 Å². The van der Waals surface area contributed by atoms with Crippen molar-refractivity contribution in [3.8, 4) is 5.75 Å². The molecular weight excluding hydrogens is 228 g/mol. The molecule has 1 rings (SSSR count). The third kappa shape index (κ3) is 4.40. The molecule has 1 aromatic rings. The molecule has 0 heterocycles. The van der Waals surface area contributed by atoms with E-state index < -0.39 is 0 Å². The topological polar surface area (TPSA) is 35.5 Å². The summed E-state index contributed by atoms with van der Waals surface area (Å²) in [5.74, 6) is 0.766. The van der Waals surface area contributed by atoms with Crippen LogP contribution in [0.15, 0.2) is 18.2 Å². The highest BCUT2D eigenvalue weighted by atomic mass is 16.5. The zero-order valence-electron chi connectivity index (χ0n) is 11.5. The summed E-state index contributed by atoms with van der Waals surface area (Å²) in [6.45, 7) is 7.03. The first kappa shape index (κ1) is 14.6. The molecule has 0 aliphatic carbocycles. The van der Waals surface area contributed by atoms with E-state index >= 15 is 0 Å². The monoisotopic (exact) mass is 250 g/mol. The van der Waals surface area contributed by atoms with E-state index in [-0.39, 0.29) is 5.97 Å². The van der Waals surface area contributed by atoms with Crippen LogP contribution in [0.3, 0.4) is 0 Å². The number of benzene rings is 1. The third-order valence-corrected chi connectivity index (χ3v) is 2.77. The molecule has 18 heavy (non-hydrogen) atoms. The summed E-state index contributed by atoms with van der Waals surface area (Å²) in [6, 6.07) is 6.07. The van der Waals surface area contributed by atoms with Gasteiger partial charge in [-0.3, -0.25) is 4.79 Å². The number of rotatable bonds is 7. The normalized spacial score (nSPS) is 10.2.